The first-order valence-electron chi connectivity index (χ1n) is 5.58. The molecule has 1 rings (SSSR count). The van der Waals surface area contributed by atoms with Crippen LogP contribution in [0.15, 0.2) is 0 Å². The van der Waals surface area contributed by atoms with Crippen LogP contribution in [-0.4, -0.2) is 13.2 Å². The van der Waals surface area contributed by atoms with Crippen LogP contribution in [0.5, 0.6) is 0 Å². The number of aliphatic hydroxyl groups excluding tert-OH is 1. The molecule has 0 aliphatic rings. The first kappa shape index (κ1) is 15.7. The summed E-state index contributed by atoms with van der Waals surface area (Å²) in [6.07, 6.45) is 5.26. The third-order valence-corrected chi connectivity index (χ3v) is 5.06. The third-order valence-electron chi connectivity index (χ3n) is 2.87. The normalized spacial score (nSPS) is 13.2. The maximum Gasteiger partial charge on any atom is 0.167 e. The first-order valence-corrected chi connectivity index (χ1v) is 9.16. The summed E-state index contributed by atoms with van der Waals surface area (Å²) in [7, 11) is -2.28. The van der Waals surface area contributed by atoms with E-state index in [9.17, 15) is 17.6 Å². The highest BCUT2D eigenvalue weighted by Crippen LogP contribution is 2.34. The van der Waals surface area contributed by atoms with Crippen molar-refractivity contribution in [2.45, 2.75) is 31.8 Å². The van der Waals surface area contributed by atoms with Crippen LogP contribution in [0, 0.1) is 35.6 Å². The number of hydrogen-bond donors (Lipinski definition) is 1. The minimum Gasteiger partial charge on any atom is -0.391 e. The average molecular weight is 290 g/mol. The highest BCUT2D eigenvalue weighted by atomic mass is 28.3. The lowest BCUT2D eigenvalue weighted by Crippen LogP contribution is -2.32. The van der Waals surface area contributed by atoms with Crippen LogP contribution in [0.25, 0.3) is 0 Å². The van der Waals surface area contributed by atoms with Crippen molar-refractivity contribution in [1.82, 2.24) is 0 Å². The Hall–Kier alpha value is -1.32. The molecule has 1 nitrogen and oxygen atoms in total. The molecule has 0 bridgehead atoms. The third kappa shape index (κ3) is 2.67. The standard InChI is InChI=1S/C13H14F4OSi/c1-5-8(19(2,3)4)9-12(16)10(14)7(6-18)11(15)13(9)17/h1,8,18H,6H2,2-4H3. The second kappa shape index (κ2) is 5.35. The second-order valence-electron chi connectivity index (χ2n) is 5.27. The number of halogens is 4. The highest BCUT2D eigenvalue weighted by Gasteiger charge is 2.35. The Balaban J connectivity index is 3.68. The summed E-state index contributed by atoms with van der Waals surface area (Å²) in [5.74, 6) is -4.00. The van der Waals surface area contributed by atoms with E-state index in [1.807, 2.05) is 0 Å². The van der Waals surface area contributed by atoms with Gasteiger partial charge in [-0.15, -0.1) is 12.3 Å². The monoisotopic (exact) mass is 290 g/mol. The van der Waals surface area contributed by atoms with Crippen molar-refractivity contribution in [1.29, 1.82) is 0 Å². The molecule has 0 aromatic heterocycles. The van der Waals surface area contributed by atoms with Crippen LogP contribution in [-0.2, 0) is 6.61 Å². The van der Waals surface area contributed by atoms with Gasteiger partial charge in [-0.25, -0.2) is 17.6 Å². The zero-order valence-electron chi connectivity index (χ0n) is 10.8. The zero-order chi connectivity index (χ0) is 15.0. The van der Waals surface area contributed by atoms with Crippen molar-refractivity contribution >= 4 is 8.07 Å². The molecule has 0 aliphatic carbocycles. The van der Waals surface area contributed by atoms with Crippen molar-refractivity contribution in [3.05, 3.63) is 34.4 Å². The second-order valence-corrected chi connectivity index (χ2v) is 10.6. The van der Waals surface area contributed by atoms with Gasteiger partial charge in [0.2, 0.25) is 0 Å². The largest absolute Gasteiger partial charge is 0.391 e. The molecule has 0 fully saturated rings. The van der Waals surface area contributed by atoms with Gasteiger partial charge in [-0.3, -0.25) is 0 Å². The summed E-state index contributed by atoms with van der Waals surface area (Å²) in [5.41, 5.74) is -2.77. The Morgan fingerprint density at radius 1 is 1.05 bits per heavy atom. The van der Waals surface area contributed by atoms with E-state index >= 15 is 0 Å². The van der Waals surface area contributed by atoms with Crippen LogP contribution >= 0.6 is 0 Å². The minimum atomic E-state index is -2.28. The summed E-state index contributed by atoms with van der Waals surface area (Å²) in [6, 6.07) is 0. The summed E-state index contributed by atoms with van der Waals surface area (Å²) in [5, 5.41) is 8.75. The number of hydrogen-bond acceptors (Lipinski definition) is 1. The average Bonchev–Trinajstić information content (AvgIpc) is 2.31. The molecule has 0 aliphatic heterocycles. The van der Waals surface area contributed by atoms with E-state index in [4.69, 9.17) is 11.5 Å². The van der Waals surface area contributed by atoms with E-state index < -0.39 is 54.6 Å². The Morgan fingerprint density at radius 3 is 1.74 bits per heavy atom. The van der Waals surface area contributed by atoms with Gasteiger partial charge >= 0.3 is 0 Å². The van der Waals surface area contributed by atoms with Crippen molar-refractivity contribution in [2.24, 2.45) is 0 Å². The maximum absolute atomic E-state index is 13.9. The van der Waals surface area contributed by atoms with Crippen molar-refractivity contribution in [3.63, 3.8) is 0 Å². The Bertz CT molecular complexity index is 514. The SMILES string of the molecule is C#CC(c1c(F)c(F)c(CO)c(F)c1F)[Si](C)(C)C. The van der Waals surface area contributed by atoms with E-state index in [1.165, 1.54) is 0 Å². The fourth-order valence-corrected chi connectivity index (χ4v) is 3.47. The molecular weight excluding hydrogens is 276 g/mol. The molecule has 1 aromatic rings. The van der Waals surface area contributed by atoms with Gasteiger partial charge in [-0.2, -0.15) is 0 Å². The fraction of sp³-hybridized carbons (Fsp3) is 0.385. The molecule has 1 N–H and O–H groups in total. The van der Waals surface area contributed by atoms with Gasteiger partial charge in [0.05, 0.1) is 20.2 Å². The molecule has 6 heteroatoms. The van der Waals surface area contributed by atoms with Gasteiger partial charge in [0.15, 0.2) is 23.3 Å². The lowest BCUT2D eigenvalue weighted by Gasteiger charge is -2.26. The molecule has 19 heavy (non-hydrogen) atoms. The van der Waals surface area contributed by atoms with Gasteiger partial charge < -0.3 is 5.11 Å². The number of benzene rings is 1. The van der Waals surface area contributed by atoms with Gasteiger partial charge in [0.25, 0.3) is 0 Å². The predicted molar refractivity (Wildman–Crippen MR) is 67.1 cm³/mol. The molecule has 0 radical (unpaired) electrons. The van der Waals surface area contributed by atoms with Crippen LogP contribution < -0.4 is 0 Å². The van der Waals surface area contributed by atoms with Gasteiger partial charge in [-0.05, 0) is 0 Å². The van der Waals surface area contributed by atoms with Gasteiger partial charge in [0.1, 0.15) is 0 Å². The highest BCUT2D eigenvalue weighted by molar-refractivity contribution is 6.78. The first-order chi connectivity index (χ1) is 8.66. The van der Waals surface area contributed by atoms with Crippen LogP contribution in [0.3, 0.4) is 0 Å². The lowest BCUT2D eigenvalue weighted by molar-refractivity contribution is 0.262. The lowest BCUT2D eigenvalue weighted by atomic mass is 10.1. The fourth-order valence-electron chi connectivity index (χ4n) is 1.85. The molecule has 0 amide bonds. The van der Waals surface area contributed by atoms with Crippen molar-refractivity contribution in [2.75, 3.05) is 0 Å². The molecule has 1 aromatic carbocycles. The number of terminal acetylenes is 1. The molecular formula is C13H14F4OSi. The van der Waals surface area contributed by atoms with E-state index in [2.05, 4.69) is 5.92 Å². The summed E-state index contributed by atoms with van der Waals surface area (Å²) in [6.45, 7) is 4.10. The Kier molecular flexibility index (Phi) is 4.43. The molecule has 0 saturated carbocycles. The summed E-state index contributed by atoms with van der Waals surface area (Å²) >= 11 is 0. The quantitative estimate of drug-likeness (QED) is 0.392. The molecule has 1 unspecified atom stereocenters. The van der Waals surface area contributed by atoms with E-state index in [-0.39, 0.29) is 0 Å². The maximum atomic E-state index is 13.9. The Morgan fingerprint density at radius 2 is 1.47 bits per heavy atom. The number of aliphatic hydroxyl groups is 1. The smallest absolute Gasteiger partial charge is 0.167 e. The van der Waals surface area contributed by atoms with E-state index in [0.717, 1.165) is 0 Å². The van der Waals surface area contributed by atoms with E-state index in [0.29, 0.717) is 0 Å². The molecule has 1 atom stereocenters. The van der Waals surface area contributed by atoms with Crippen LogP contribution in [0.2, 0.25) is 19.6 Å². The molecule has 0 heterocycles. The van der Waals surface area contributed by atoms with Gasteiger partial charge in [0, 0.05) is 11.1 Å². The Labute approximate surface area is 110 Å². The minimum absolute atomic E-state index is 0.756. The zero-order valence-corrected chi connectivity index (χ0v) is 11.8. The molecule has 0 spiro atoms. The molecule has 0 saturated heterocycles. The predicted octanol–water partition coefficient (Wildman–Crippen LogP) is 3.33. The van der Waals surface area contributed by atoms with Crippen LogP contribution in [0.1, 0.15) is 16.7 Å². The molecule has 104 valence electrons. The van der Waals surface area contributed by atoms with Crippen LogP contribution in [0.4, 0.5) is 17.6 Å². The summed E-state index contributed by atoms with van der Waals surface area (Å²) in [4.78, 5) is 0. The number of rotatable bonds is 3. The van der Waals surface area contributed by atoms with E-state index in [1.54, 1.807) is 19.6 Å². The topological polar surface area (TPSA) is 20.2 Å². The van der Waals surface area contributed by atoms with Crippen molar-refractivity contribution in [3.8, 4) is 12.3 Å². The van der Waals surface area contributed by atoms with Gasteiger partial charge in [-0.1, -0.05) is 19.6 Å². The summed E-state index contributed by atoms with van der Waals surface area (Å²) < 4.78 is 55.0. The van der Waals surface area contributed by atoms with Crippen molar-refractivity contribution < 1.29 is 22.7 Å².